The molecule has 1 saturated carbocycles. The molecule has 2 N–H and O–H groups in total. The summed E-state index contributed by atoms with van der Waals surface area (Å²) in [6, 6.07) is 10.3. The highest BCUT2D eigenvalue weighted by atomic mass is 16.5. The summed E-state index contributed by atoms with van der Waals surface area (Å²) < 4.78 is 11.4. The molecule has 0 bridgehead atoms. The second-order valence-corrected chi connectivity index (χ2v) is 9.32. The molecular formula is C27H38N4O3. The summed E-state index contributed by atoms with van der Waals surface area (Å²) >= 11 is 0. The average Bonchev–Trinajstić information content (AvgIpc) is 3.13. The first-order valence-corrected chi connectivity index (χ1v) is 12.8. The van der Waals surface area contributed by atoms with Gasteiger partial charge in [0.25, 0.3) is 0 Å². The molecule has 1 aliphatic carbocycles. The van der Waals surface area contributed by atoms with Gasteiger partial charge in [0.1, 0.15) is 5.82 Å². The Morgan fingerprint density at radius 1 is 1.12 bits per heavy atom. The summed E-state index contributed by atoms with van der Waals surface area (Å²) in [6.07, 6.45) is 7.97. The number of morpholine rings is 1. The summed E-state index contributed by atoms with van der Waals surface area (Å²) in [6.45, 7) is 7.83. The van der Waals surface area contributed by atoms with Crippen LogP contribution in [0.1, 0.15) is 57.4 Å². The zero-order chi connectivity index (χ0) is 23.8. The van der Waals surface area contributed by atoms with Crippen molar-refractivity contribution in [1.29, 1.82) is 0 Å². The third kappa shape index (κ3) is 6.63. The topological polar surface area (TPSA) is 75.7 Å². The van der Waals surface area contributed by atoms with Gasteiger partial charge in [-0.3, -0.25) is 0 Å². The molecule has 1 saturated heterocycles. The monoisotopic (exact) mass is 466 g/mol. The first kappa shape index (κ1) is 24.3. The number of anilines is 2. The number of hydrogen-bond donors (Lipinski definition) is 2. The average molecular weight is 467 g/mol. The Hall–Kier alpha value is -2.80. The lowest BCUT2D eigenvalue weighted by Gasteiger charge is -2.28. The summed E-state index contributed by atoms with van der Waals surface area (Å²) in [4.78, 5) is 19.7. The Morgan fingerprint density at radius 2 is 1.88 bits per heavy atom. The molecule has 0 spiro atoms. The van der Waals surface area contributed by atoms with Gasteiger partial charge in [-0.15, -0.1) is 0 Å². The zero-order valence-electron chi connectivity index (χ0n) is 20.6. The smallest absolute Gasteiger partial charge is 0.319 e. The molecule has 184 valence electrons. The maximum atomic E-state index is 12.7. The molecule has 2 aliphatic rings. The van der Waals surface area contributed by atoms with E-state index in [1.807, 2.05) is 18.2 Å². The van der Waals surface area contributed by atoms with Crippen molar-refractivity contribution in [2.24, 2.45) is 0 Å². The second kappa shape index (κ2) is 12.1. The molecule has 2 amide bonds. The van der Waals surface area contributed by atoms with Crippen molar-refractivity contribution in [2.75, 3.05) is 43.1 Å². The van der Waals surface area contributed by atoms with E-state index in [1.165, 1.54) is 25.7 Å². The summed E-state index contributed by atoms with van der Waals surface area (Å²) in [5.74, 6) is 1.53. The number of carbonyl (C=O) groups is 1. The van der Waals surface area contributed by atoms with Crippen LogP contribution in [-0.2, 0) is 4.74 Å². The van der Waals surface area contributed by atoms with Crippen LogP contribution in [0, 0.1) is 6.92 Å². The second-order valence-electron chi connectivity index (χ2n) is 9.32. The first-order chi connectivity index (χ1) is 16.6. The fourth-order valence-electron chi connectivity index (χ4n) is 4.67. The van der Waals surface area contributed by atoms with Crippen molar-refractivity contribution in [3.05, 3.63) is 35.9 Å². The van der Waals surface area contributed by atoms with Crippen LogP contribution in [0.2, 0.25) is 0 Å². The van der Waals surface area contributed by atoms with Gasteiger partial charge in [0.2, 0.25) is 5.88 Å². The van der Waals surface area contributed by atoms with E-state index in [-0.39, 0.29) is 12.1 Å². The number of urea groups is 1. The molecule has 0 radical (unpaired) electrons. The van der Waals surface area contributed by atoms with E-state index in [4.69, 9.17) is 14.5 Å². The number of ether oxygens (including phenoxy) is 2. The van der Waals surface area contributed by atoms with Crippen molar-refractivity contribution >= 4 is 17.5 Å². The Labute approximate surface area is 203 Å². The predicted octanol–water partition coefficient (Wildman–Crippen LogP) is 5.53. The van der Waals surface area contributed by atoms with E-state index in [2.05, 4.69) is 41.5 Å². The van der Waals surface area contributed by atoms with Crippen molar-refractivity contribution < 1.29 is 14.3 Å². The molecule has 1 aliphatic heterocycles. The van der Waals surface area contributed by atoms with E-state index in [0.717, 1.165) is 60.5 Å². The molecular weight excluding hydrogens is 428 g/mol. The maximum absolute atomic E-state index is 12.7. The number of amides is 2. The van der Waals surface area contributed by atoms with E-state index in [1.54, 1.807) is 0 Å². The van der Waals surface area contributed by atoms with E-state index < -0.39 is 0 Å². The first-order valence-electron chi connectivity index (χ1n) is 12.8. The number of pyridine rings is 1. The van der Waals surface area contributed by atoms with Crippen LogP contribution < -0.4 is 20.3 Å². The molecule has 0 atom stereocenters. The zero-order valence-corrected chi connectivity index (χ0v) is 20.6. The molecule has 2 aromatic rings. The van der Waals surface area contributed by atoms with Crippen LogP contribution in [0.15, 0.2) is 30.3 Å². The number of aryl methyl sites for hydroxylation is 1. The highest BCUT2D eigenvalue weighted by Gasteiger charge is 2.18. The lowest BCUT2D eigenvalue weighted by molar-refractivity contribution is 0.122. The summed E-state index contributed by atoms with van der Waals surface area (Å²) in [7, 11) is 0. The highest BCUT2D eigenvalue weighted by Crippen LogP contribution is 2.32. The minimum absolute atomic E-state index is 0.127. The quantitative estimate of drug-likeness (QED) is 0.525. The third-order valence-electron chi connectivity index (χ3n) is 6.57. The lowest BCUT2D eigenvalue weighted by atomic mass is 10.00. The molecule has 0 unspecified atom stereocenters. The van der Waals surface area contributed by atoms with Gasteiger partial charge in [-0.25, -0.2) is 4.79 Å². The van der Waals surface area contributed by atoms with Crippen molar-refractivity contribution in [3.63, 3.8) is 0 Å². The van der Waals surface area contributed by atoms with Crippen molar-refractivity contribution in [2.45, 2.75) is 64.8 Å². The summed E-state index contributed by atoms with van der Waals surface area (Å²) in [5.41, 5.74) is 4.02. The number of rotatable bonds is 7. The van der Waals surface area contributed by atoms with Gasteiger partial charge in [-0.05, 0) is 61.1 Å². The van der Waals surface area contributed by atoms with E-state index in [0.29, 0.717) is 25.7 Å². The molecule has 1 aromatic carbocycles. The molecule has 7 heteroatoms. The Kier molecular flexibility index (Phi) is 8.63. The third-order valence-corrected chi connectivity index (χ3v) is 6.57. The van der Waals surface area contributed by atoms with Crippen LogP contribution in [0.4, 0.5) is 16.3 Å². The summed E-state index contributed by atoms with van der Waals surface area (Å²) in [5, 5.41) is 6.22. The Balaban J connectivity index is 1.55. The Morgan fingerprint density at radius 3 is 2.62 bits per heavy atom. The molecule has 2 heterocycles. The van der Waals surface area contributed by atoms with E-state index >= 15 is 0 Å². The van der Waals surface area contributed by atoms with Gasteiger partial charge in [-0.2, -0.15) is 4.98 Å². The molecule has 1 aromatic heterocycles. The van der Waals surface area contributed by atoms with Gasteiger partial charge >= 0.3 is 6.03 Å². The highest BCUT2D eigenvalue weighted by molar-refractivity contribution is 5.90. The largest absolute Gasteiger partial charge is 0.478 e. The molecule has 4 rings (SSSR count). The maximum Gasteiger partial charge on any atom is 0.319 e. The minimum Gasteiger partial charge on any atom is -0.478 e. The van der Waals surface area contributed by atoms with E-state index in [9.17, 15) is 4.79 Å². The lowest BCUT2D eigenvalue weighted by Crippen LogP contribution is -2.37. The number of nitrogens with zero attached hydrogens (tertiary/aromatic N) is 2. The Bertz CT molecular complexity index is 951. The SMILES string of the molecule is CCCOc1cc(-c2cc(NC(=O)NC3CCCCCC3)ccc2C)cc(N2CCOCC2)n1. The van der Waals surface area contributed by atoms with Gasteiger partial charge in [0.05, 0.1) is 19.8 Å². The standard InChI is InChI=1S/C27H38N4O3/c1-3-14-34-26-18-21(17-25(30-26)31-12-15-33-16-13-31)24-19-23(11-10-20(24)2)29-27(32)28-22-8-6-4-5-7-9-22/h10-11,17-19,22H,3-9,12-16H2,1-2H3,(H2,28,29,32). The minimum atomic E-state index is -0.127. The van der Waals surface area contributed by atoms with Gasteiger partial charge in [0.15, 0.2) is 0 Å². The number of benzene rings is 1. The number of nitrogens with one attached hydrogen (secondary N) is 2. The number of hydrogen-bond acceptors (Lipinski definition) is 5. The van der Waals surface area contributed by atoms with Crippen LogP contribution >= 0.6 is 0 Å². The normalized spacial score (nSPS) is 17.2. The molecule has 34 heavy (non-hydrogen) atoms. The predicted molar refractivity (Wildman–Crippen MR) is 137 cm³/mol. The van der Waals surface area contributed by atoms with Crippen LogP contribution in [0.25, 0.3) is 11.1 Å². The van der Waals surface area contributed by atoms with Gasteiger partial charge < -0.3 is 25.0 Å². The molecule has 2 fully saturated rings. The van der Waals surface area contributed by atoms with Crippen molar-refractivity contribution in [3.8, 4) is 17.0 Å². The number of aromatic nitrogens is 1. The van der Waals surface area contributed by atoms with Gasteiger partial charge in [0, 0.05) is 30.9 Å². The van der Waals surface area contributed by atoms with Crippen LogP contribution in [0.5, 0.6) is 5.88 Å². The van der Waals surface area contributed by atoms with Crippen LogP contribution in [-0.4, -0.2) is 50.0 Å². The fraction of sp³-hybridized carbons (Fsp3) is 0.556. The fourth-order valence-corrected chi connectivity index (χ4v) is 4.67. The van der Waals surface area contributed by atoms with Gasteiger partial charge in [-0.1, -0.05) is 38.7 Å². The molecule has 7 nitrogen and oxygen atoms in total. The number of carbonyl (C=O) groups excluding carboxylic acids is 1. The van der Waals surface area contributed by atoms with Crippen LogP contribution in [0.3, 0.4) is 0 Å². The van der Waals surface area contributed by atoms with Crippen molar-refractivity contribution in [1.82, 2.24) is 10.3 Å².